The minimum Gasteiger partial charge on any atom is -0.508 e. The van der Waals surface area contributed by atoms with Crippen LogP contribution in [0.15, 0.2) is 71.2 Å². The molecule has 0 spiro atoms. The highest BCUT2D eigenvalue weighted by molar-refractivity contribution is 9.10. The molecule has 1 atom stereocenters. The van der Waals surface area contributed by atoms with Crippen LogP contribution in [0, 0.1) is 0 Å². The number of phenolic OH excluding ortho intramolecular Hbond substituents is 1. The first-order valence-electron chi connectivity index (χ1n) is 12.8. The van der Waals surface area contributed by atoms with E-state index in [-0.39, 0.29) is 17.8 Å². The number of rotatable bonds is 9. The Kier molecular flexibility index (Phi) is 8.72. The number of esters is 1. The summed E-state index contributed by atoms with van der Waals surface area (Å²) >= 11 is 5.10. The molecule has 0 bridgehead atoms. The molecule has 5 rings (SSSR count). The SMILES string of the molecule is COC(=O)CN1CCN([C@@H](C)COc2ccc(Oc3c(-c4ccc(Br)cc4)sc4cc(O)ccc34)cc2)CC1. The van der Waals surface area contributed by atoms with Crippen LogP contribution in [0.1, 0.15) is 6.92 Å². The van der Waals surface area contributed by atoms with Gasteiger partial charge in [0.1, 0.15) is 23.9 Å². The van der Waals surface area contributed by atoms with Gasteiger partial charge in [0, 0.05) is 46.8 Å². The van der Waals surface area contributed by atoms with Crippen LogP contribution in [0.2, 0.25) is 0 Å². The molecule has 0 amide bonds. The number of nitrogens with zero attached hydrogens (tertiary/aromatic N) is 2. The number of halogens is 1. The summed E-state index contributed by atoms with van der Waals surface area (Å²) in [6, 6.07) is 21.4. The number of ether oxygens (including phenoxy) is 3. The molecule has 1 aromatic heterocycles. The predicted molar refractivity (Wildman–Crippen MR) is 158 cm³/mol. The molecule has 0 unspecified atom stereocenters. The number of hydrogen-bond donors (Lipinski definition) is 1. The number of methoxy groups -OCH3 is 1. The van der Waals surface area contributed by atoms with Gasteiger partial charge >= 0.3 is 5.97 Å². The molecule has 1 aliphatic rings. The van der Waals surface area contributed by atoms with E-state index in [1.54, 1.807) is 23.5 Å². The van der Waals surface area contributed by atoms with E-state index in [0.717, 1.165) is 62.7 Å². The summed E-state index contributed by atoms with van der Waals surface area (Å²) in [4.78, 5) is 17.0. The van der Waals surface area contributed by atoms with Crippen LogP contribution in [-0.4, -0.2) is 73.4 Å². The van der Waals surface area contributed by atoms with Gasteiger partial charge in [0.25, 0.3) is 0 Å². The topological polar surface area (TPSA) is 71.5 Å². The van der Waals surface area contributed by atoms with Gasteiger partial charge in [-0.2, -0.15) is 0 Å². The summed E-state index contributed by atoms with van der Waals surface area (Å²) < 4.78 is 19.3. The van der Waals surface area contributed by atoms with Crippen molar-refractivity contribution in [3.63, 3.8) is 0 Å². The number of piperazine rings is 1. The first-order chi connectivity index (χ1) is 18.9. The molecule has 0 aliphatic carbocycles. The summed E-state index contributed by atoms with van der Waals surface area (Å²) in [6.07, 6.45) is 0. The third kappa shape index (κ3) is 6.73. The normalized spacial score (nSPS) is 15.3. The summed E-state index contributed by atoms with van der Waals surface area (Å²) in [5.74, 6) is 2.31. The maximum Gasteiger partial charge on any atom is 0.319 e. The van der Waals surface area contributed by atoms with Crippen molar-refractivity contribution in [3.05, 3.63) is 71.2 Å². The third-order valence-corrected chi connectivity index (χ3v) is 8.59. The Labute approximate surface area is 240 Å². The number of fused-ring (bicyclic) bond motifs is 1. The highest BCUT2D eigenvalue weighted by atomic mass is 79.9. The molecular weight excluding hydrogens is 580 g/mol. The lowest BCUT2D eigenvalue weighted by Crippen LogP contribution is -2.52. The monoisotopic (exact) mass is 610 g/mol. The molecule has 7 nitrogen and oxygen atoms in total. The molecule has 4 aromatic rings. The van der Waals surface area contributed by atoms with Crippen LogP contribution >= 0.6 is 27.3 Å². The van der Waals surface area contributed by atoms with Crippen molar-refractivity contribution in [3.8, 4) is 33.4 Å². The molecule has 3 aromatic carbocycles. The second-order valence-corrected chi connectivity index (χ2v) is 11.5. The second kappa shape index (κ2) is 12.4. The lowest BCUT2D eigenvalue weighted by molar-refractivity contribution is -0.142. The molecule has 1 saturated heterocycles. The van der Waals surface area contributed by atoms with Gasteiger partial charge in [0.05, 0.1) is 18.5 Å². The van der Waals surface area contributed by atoms with E-state index < -0.39 is 0 Å². The van der Waals surface area contributed by atoms with E-state index in [1.807, 2.05) is 42.5 Å². The zero-order valence-electron chi connectivity index (χ0n) is 21.9. The molecule has 39 heavy (non-hydrogen) atoms. The number of carbonyl (C=O) groups excluding carboxylic acids is 1. The van der Waals surface area contributed by atoms with Gasteiger partial charge < -0.3 is 19.3 Å². The quantitative estimate of drug-likeness (QED) is 0.220. The van der Waals surface area contributed by atoms with Gasteiger partial charge in [0.2, 0.25) is 0 Å². The van der Waals surface area contributed by atoms with Gasteiger partial charge in [-0.1, -0.05) is 28.1 Å². The van der Waals surface area contributed by atoms with Gasteiger partial charge in [0.15, 0.2) is 5.75 Å². The zero-order valence-corrected chi connectivity index (χ0v) is 24.3. The minimum atomic E-state index is -0.191. The Balaban J connectivity index is 1.22. The number of benzene rings is 3. The third-order valence-electron chi connectivity index (χ3n) is 6.88. The first-order valence-corrected chi connectivity index (χ1v) is 14.5. The maximum atomic E-state index is 11.5. The van der Waals surface area contributed by atoms with Crippen LogP contribution in [0.25, 0.3) is 20.5 Å². The standard InChI is InChI=1S/C30H31BrN2O5S/c1-20(33-15-13-32(14-16-33)18-28(35)36-2)19-37-24-8-10-25(11-9-24)38-29-26-12-7-23(34)17-27(26)39-30(29)21-3-5-22(31)6-4-21/h3-12,17,20,34H,13-16,18-19H2,1-2H3/t20-/m0/s1. The smallest absolute Gasteiger partial charge is 0.319 e. The van der Waals surface area contributed by atoms with Crippen LogP contribution in [0.5, 0.6) is 23.0 Å². The lowest BCUT2D eigenvalue weighted by atomic mass is 10.1. The Bertz CT molecular complexity index is 1420. The molecule has 1 fully saturated rings. The van der Waals surface area contributed by atoms with Crippen molar-refractivity contribution < 1.29 is 24.1 Å². The van der Waals surface area contributed by atoms with E-state index in [2.05, 4.69) is 44.8 Å². The number of hydrogen-bond acceptors (Lipinski definition) is 8. The van der Waals surface area contributed by atoms with Crippen LogP contribution < -0.4 is 9.47 Å². The molecule has 1 aliphatic heterocycles. The van der Waals surface area contributed by atoms with Crippen molar-refractivity contribution in [2.45, 2.75) is 13.0 Å². The number of aromatic hydroxyl groups is 1. The highest BCUT2D eigenvalue weighted by Crippen LogP contribution is 2.47. The minimum absolute atomic E-state index is 0.191. The van der Waals surface area contributed by atoms with Crippen molar-refractivity contribution in [2.24, 2.45) is 0 Å². The molecular formula is C30H31BrN2O5S. The van der Waals surface area contributed by atoms with E-state index in [0.29, 0.717) is 18.9 Å². The molecule has 1 N–H and O–H groups in total. The van der Waals surface area contributed by atoms with Crippen LogP contribution in [-0.2, 0) is 9.53 Å². The molecule has 0 saturated carbocycles. The molecule has 204 valence electrons. The summed E-state index contributed by atoms with van der Waals surface area (Å²) in [7, 11) is 1.43. The average Bonchev–Trinajstić information content (AvgIpc) is 3.30. The maximum absolute atomic E-state index is 11.5. The van der Waals surface area contributed by atoms with Gasteiger partial charge in [-0.05, 0) is 67.1 Å². The highest BCUT2D eigenvalue weighted by Gasteiger charge is 2.23. The fraction of sp³-hybridized carbons (Fsp3) is 0.300. The Morgan fingerprint density at radius 2 is 1.69 bits per heavy atom. The van der Waals surface area contributed by atoms with Crippen molar-refractivity contribution >= 4 is 43.3 Å². The predicted octanol–water partition coefficient (Wildman–Crippen LogP) is 6.39. The molecule has 0 radical (unpaired) electrons. The van der Waals surface area contributed by atoms with Crippen LogP contribution in [0.3, 0.4) is 0 Å². The van der Waals surface area contributed by atoms with E-state index in [9.17, 15) is 9.90 Å². The van der Waals surface area contributed by atoms with Gasteiger partial charge in [-0.3, -0.25) is 14.6 Å². The Morgan fingerprint density at radius 3 is 2.38 bits per heavy atom. The van der Waals surface area contributed by atoms with Crippen molar-refractivity contribution in [1.82, 2.24) is 9.80 Å². The van der Waals surface area contributed by atoms with Gasteiger partial charge in [-0.25, -0.2) is 0 Å². The van der Waals surface area contributed by atoms with E-state index in [1.165, 1.54) is 7.11 Å². The fourth-order valence-corrected chi connectivity index (χ4v) is 6.04. The number of thiophene rings is 1. The Morgan fingerprint density at radius 1 is 1.00 bits per heavy atom. The summed E-state index contributed by atoms with van der Waals surface area (Å²) in [6.45, 7) is 6.54. The largest absolute Gasteiger partial charge is 0.508 e. The lowest BCUT2D eigenvalue weighted by Gasteiger charge is -2.37. The van der Waals surface area contributed by atoms with Crippen LogP contribution in [0.4, 0.5) is 0 Å². The molecule has 9 heteroatoms. The summed E-state index contributed by atoms with van der Waals surface area (Å²) in [5.41, 5.74) is 1.05. The fourth-order valence-electron chi connectivity index (χ4n) is 4.61. The second-order valence-electron chi connectivity index (χ2n) is 9.57. The first kappa shape index (κ1) is 27.5. The number of carbonyl (C=O) groups is 1. The van der Waals surface area contributed by atoms with E-state index in [4.69, 9.17) is 14.2 Å². The zero-order chi connectivity index (χ0) is 27.4. The van der Waals surface area contributed by atoms with Crippen molar-refractivity contribution in [2.75, 3.05) is 46.4 Å². The summed E-state index contributed by atoms with van der Waals surface area (Å²) in [5, 5.41) is 11.0. The van der Waals surface area contributed by atoms with Gasteiger partial charge in [-0.15, -0.1) is 11.3 Å². The number of phenols is 1. The molecule has 2 heterocycles. The Hall–Kier alpha value is -3.11. The van der Waals surface area contributed by atoms with E-state index >= 15 is 0 Å². The average molecular weight is 612 g/mol. The van der Waals surface area contributed by atoms with Crippen molar-refractivity contribution in [1.29, 1.82) is 0 Å².